The van der Waals surface area contributed by atoms with E-state index in [9.17, 15) is 14.9 Å². The predicted octanol–water partition coefficient (Wildman–Crippen LogP) is 6.80. The average molecular weight is 564 g/mol. The van der Waals surface area contributed by atoms with Gasteiger partial charge in [0, 0.05) is 36.0 Å². The molecule has 0 unspecified atom stereocenters. The zero-order valence-corrected chi connectivity index (χ0v) is 22.7. The highest BCUT2D eigenvalue weighted by atomic mass is 32.1. The van der Waals surface area contributed by atoms with E-state index in [-0.39, 0.29) is 16.4 Å². The molecule has 1 aliphatic rings. The van der Waals surface area contributed by atoms with E-state index in [0.717, 1.165) is 42.6 Å². The average Bonchev–Trinajstić information content (AvgIpc) is 3.68. The minimum absolute atomic E-state index is 0.0563. The summed E-state index contributed by atoms with van der Waals surface area (Å²) in [5.74, 6) is -0.0473. The number of nitro benzene ring substituents is 1. The van der Waals surface area contributed by atoms with Crippen LogP contribution in [0.4, 0.5) is 17.1 Å². The molecular formula is C31H25N5O4S. The number of hydrogen-bond donors (Lipinski definition) is 2. The van der Waals surface area contributed by atoms with Crippen LogP contribution in [-0.2, 0) is 0 Å². The van der Waals surface area contributed by atoms with E-state index in [2.05, 4.69) is 27.8 Å². The first-order valence-corrected chi connectivity index (χ1v) is 13.6. The van der Waals surface area contributed by atoms with E-state index in [0.29, 0.717) is 28.4 Å². The number of amides is 1. The maximum absolute atomic E-state index is 12.8. The van der Waals surface area contributed by atoms with Gasteiger partial charge in [0.15, 0.2) is 10.7 Å². The van der Waals surface area contributed by atoms with Crippen molar-refractivity contribution in [3.8, 4) is 22.6 Å². The van der Waals surface area contributed by atoms with Crippen molar-refractivity contribution >= 4 is 51.4 Å². The van der Waals surface area contributed by atoms with Crippen LogP contribution in [0.5, 0.6) is 0 Å². The monoisotopic (exact) mass is 563 g/mol. The smallest absolute Gasteiger partial charge is 0.293 e. The van der Waals surface area contributed by atoms with Gasteiger partial charge in [-0.1, -0.05) is 42.5 Å². The fourth-order valence-corrected chi connectivity index (χ4v) is 5.15. The Morgan fingerprint density at radius 2 is 1.61 bits per heavy atom. The molecule has 0 atom stereocenters. The molecule has 0 radical (unpaired) electrons. The number of nitrogens with one attached hydrogen (secondary N) is 2. The van der Waals surface area contributed by atoms with Gasteiger partial charge in [-0.3, -0.25) is 20.2 Å². The van der Waals surface area contributed by atoms with Gasteiger partial charge in [0.2, 0.25) is 5.89 Å². The first kappa shape index (κ1) is 26.1. The van der Waals surface area contributed by atoms with Gasteiger partial charge in [-0.15, -0.1) is 0 Å². The van der Waals surface area contributed by atoms with E-state index >= 15 is 0 Å². The number of carbonyl (C=O) groups is 1. The number of nitro groups is 1. The highest BCUT2D eigenvalue weighted by Crippen LogP contribution is 2.32. The summed E-state index contributed by atoms with van der Waals surface area (Å²) in [6.45, 7) is 1.52. The third-order valence-corrected chi connectivity index (χ3v) is 7.20. The van der Waals surface area contributed by atoms with Crippen LogP contribution < -0.4 is 15.5 Å². The van der Waals surface area contributed by atoms with Crippen molar-refractivity contribution in [3.63, 3.8) is 0 Å². The summed E-state index contributed by atoms with van der Waals surface area (Å²) in [5.41, 5.74) is 5.51. The largest absolute Gasteiger partial charge is 0.436 e. The second kappa shape index (κ2) is 11.2. The third-order valence-electron chi connectivity index (χ3n) is 6.99. The molecule has 0 saturated carbocycles. The quantitative estimate of drug-likeness (QED) is 0.132. The molecule has 0 spiro atoms. The van der Waals surface area contributed by atoms with E-state index in [1.165, 1.54) is 6.07 Å². The Kier molecular flexibility index (Phi) is 7.13. The second-order valence-electron chi connectivity index (χ2n) is 9.71. The van der Waals surface area contributed by atoms with Gasteiger partial charge in [0.05, 0.1) is 4.92 Å². The number of nitrogens with zero attached hydrogens (tertiary/aromatic N) is 3. The molecule has 41 heavy (non-hydrogen) atoms. The van der Waals surface area contributed by atoms with Gasteiger partial charge in [-0.05, 0) is 78.7 Å². The normalized spacial score (nSPS) is 12.8. The van der Waals surface area contributed by atoms with E-state index < -0.39 is 10.8 Å². The molecule has 0 bridgehead atoms. The topological polar surface area (TPSA) is 114 Å². The summed E-state index contributed by atoms with van der Waals surface area (Å²) in [5, 5.41) is 17.3. The van der Waals surface area contributed by atoms with Gasteiger partial charge in [0.25, 0.3) is 11.6 Å². The summed E-state index contributed by atoms with van der Waals surface area (Å²) in [7, 11) is 0. The van der Waals surface area contributed by atoms with Crippen LogP contribution in [0.3, 0.4) is 0 Å². The Labute approximate surface area is 241 Å². The van der Waals surface area contributed by atoms with Gasteiger partial charge in [-0.25, -0.2) is 4.98 Å². The lowest BCUT2D eigenvalue weighted by Crippen LogP contribution is -2.34. The van der Waals surface area contributed by atoms with Gasteiger partial charge < -0.3 is 14.6 Å². The molecule has 1 saturated heterocycles. The molecule has 1 fully saturated rings. The number of thiocarbonyl (C=S) groups is 1. The molecule has 1 amide bonds. The fraction of sp³-hybridized carbons (Fsp3) is 0.129. The molecule has 10 heteroatoms. The van der Waals surface area contributed by atoms with Crippen LogP contribution in [0.15, 0.2) is 95.4 Å². The zero-order valence-electron chi connectivity index (χ0n) is 21.9. The van der Waals surface area contributed by atoms with Crippen LogP contribution >= 0.6 is 12.2 Å². The molecule has 1 aliphatic heterocycles. The molecule has 4 aromatic carbocycles. The molecule has 6 rings (SSSR count). The molecule has 204 valence electrons. The van der Waals surface area contributed by atoms with Gasteiger partial charge in [0.1, 0.15) is 11.2 Å². The molecular weight excluding hydrogens is 538 g/mol. The molecule has 1 aromatic heterocycles. The molecule has 5 aromatic rings. The van der Waals surface area contributed by atoms with Crippen molar-refractivity contribution in [2.24, 2.45) is 0 Å². The summed E-state index contributed by atoms with van der Waals surface area (Å²) in [6.07, 6.45) is 1.98. The maximum Gasteiger partial charge on any atom is 0.293 e. The molecule has 2 heterocycles. The van der Waals surface area contributed by atoms with Crippen molar-refractivity contribution in [2.75, 3.05) is 23.3 Å². The van der Waals surface area contributed by atoms with Crippen molar-refractivity contribution < 1.29 is 14.1 Å². The SMILES string of the molecule is O=C(NC(=S)Nc1ccc2oc(-c3ccc(-c4ccccc4)cc3)nc2c1)c1ccc(N2CCCC2)c([N+](=O)[O-])c1. The Morgan fingerprint density at radius 1 is 0.902 bits per heavy atom. The number of fused-ring (bicyclic) bond motifs is 1. The van der Waals surface area contributed by atoms with Gasteiger partial charge >= 0.3 is 0 Å². The summed E-state index contributed by atoms with van der Waals surface area (Å²) < 4.78 is 5.96. The lowest BCUT2D eigenvalue weighted by atomic mass is 10.0. The maximum atomic E-state index is 12.8. The highest BCUT2D eigenvalue weighted by Gasteiger charge is 2.24. The number of benzene rings is 4. The lowest BCUT2D eigenvalue weighted by Gasteiger charge is -2.18. The standard InChI is InChI=1S/C31H25N5O4S/c37-29(23-12-14-26(27(18-23)36(38)39)35-16-4-5-17-35)34-31(41)32-24-13-15-28-25(19-24)33-30(40-28)22-10-8-21(9-11-22)20-6-2-1-3-7-20/h1-3,6-15,18-19H,4-5,16-17H2,(H2,32,34,37,41). The van der Waals surface area contributed by atoms with Crippen molar-refractivity contribution in [2.45, 2.75) is 12.8 Å². The van der Waals surface area contributed by atoms with E-state index in [1.54, 1.807) is 30.3 Å². The molecule has 9 nitrogen and oxygen atoms in total. The van der Waals surface area contributed by atoms with Crippen molar-refractivity contribution in [1.29, 1.82) is 0 Å². The number of aromatic nitrogens is 1. The van der Waals surface area contributed by atoms with Crippen LogP contribution in [-0.4, -0.2) is 34.0 Å². The highest BCUT2D eigenvalue weighted by molar-refractivity contribution is 7.80. The summed E-state index contributed by atoms with van der Waals surface area (Å²) >= 11 is 5.34. The minimum atomic E-state index is -0.540. The third kappa shape index (κ3) is 5.64. The van der Waals surface area contributed by atoms with E-state index in [4.69, 9.17) is 16.6 Å². The lowest BCUT2D eigenvalue weighted by molar-refractivity contribution is -0.384. The first-order valence-electron chi connectivity index (χ1n) is 13.2. The zero-order chi connectivity index (χ0) is 28.3. The minimum Gasteiger partial charge on any atom is -0.436 e. The van der Waals surface area contributed by atoms with Crippen molar-refractivity contribution in [1.82, 2.24) is 10.3 Å². The van der Waals surface area contributed by atoms with Crippen molar-refractivity contribution in [3.05, 3.63) is 107 Å². The molecule has 2 N–H and O–H groups in total. The number of hydrogen-bond acceptors (Lipinski definition) is 7. The van der Waals surface area contributed by atoms with Crippen LogP contribution in [0.25, 0.3) is 33.7 Å². The van der Waals surface area contributed by atoms with Gasteiger partial charge in [-0.2, -0.15) is 0 Å². The van der Waals surface area contributed by atoms with E-state index in [1.807, 2.05) is 47.4 Å². The Balaban J connectivity index is 1.13. The number of carbonyl (C=O) groups excluding carboxylic acids is 1. The Hall–Kier alpha value is -5.09. The fourth-order valence-electron chi connectivity index (χ4n) is 4.94. The number of oxazole rings is 1. The Morgan fingerprint density at radius 3 is 2.34 bits per heavy atom. The first-order chi connectivity index (χ1) is 19.9. The van der Waals surface area contributed by atoms with Crippen LogP contribution in [0, 0.1) is 10.1 Å². The number of anilines is 2. The predicted molar refractivity (Wildman–Crippen MR) is 163 cm³/mol. The summed E-state index contributed by atoms with van der Waals surface area (Å²) in [6, 6.07) is 27.9. The van der Waals surface area contributed by atoms with Crippen LogP contribution in [0.1, 0.15) is 23.2 Å². The second-order valence-corrected chi connectivity index (χ2v) is 10.1. The Bertz CT molecular complexity index is 1760. The van der Waals surface area contributed by atoms with Crippen LogP contribution in [0.2, 0.25) is 0 Å². The number of rotatable bonds is 6. The summed E-state index contributed by atoms with van der Waals surface area (Å²) in [4.78, 5) is 30.7. The molecule has 0 aliphatic carbocycles.